The maximum Gasteiger partial charge on any atom is 0.239 e. The van der Waals surface area contributed by atoms with Crippen molar-refractivity contribution in [3.8, 4) is 0 Å². The van der Waals surface area contributed by atoms with E-state index in [-0.39, 0.29) is 11.8 Å². The first-order chi connectivity index (χ1) is 11.7. The molecule has 2 amide bonds. The Morgan fingerprint density at radius 3 is 2.38 bits per heavy atom. The van der Waals surface area contributed by atoms with Gasteiger partial charge in [0.1, 0.15) is 5.92 Å². The molecular weight excluding hydrogens is 368 g/mol. The summed E-state index contributed by atoms with van der Waals surface area (Å²) in [5, 5.41) is 0. The zero-order chi connectivity index (χ0) is 16.7. The first-order valence-electron chi connectivity index (χ1n) is 9.05. The van der Waals surface area contributed by atoms with E-state index in [2.05, 4.69) is 20.8 Å². The fourth-order valence-electron chi connectivity index (χ4n) is 4.19. The first-order valence-corrected chi connectivity index (χ1v) is 9.84. The summed E-state index contributed by atoms with van der Waals surface area (Å²) >= 11 is 3.52. The summed E-state index contributed by atoms with van der Waals surface area (Å²) in [6.07, 6.45) is 7.49. The van der Waals surface area contributed by atoms with Gasteiger partial charge in [-0.15, -0.1) is 0 Å². The minimum atomic E-state index is -0.488. The van der Waals surface area contributed by atoms with Gasteiger partial charge in [0.25, 0.3) is 0 Å². The number of benzene rings is 1. The van der Waals surface area contributed by atoms with E-state index in [1.165, 1.54) is 12.8 Å². The molecule has 4 rings (SSSR count). The fraction of sp³-hybridized carbons (Fsp3) is 0.579. The second kappa shape index (κ2) is 6.51. The molecule has 24 heavy (non-hydrogen) atoms. The zero-order valence-electron chi connectivity index (χ0n) is 13.8. The Bertz CT molecular complexity index is 653. The summed E-state index contributed by atoms with van der Waals surface area (Å²) in [4.78, 5) is 29.9. The van der Waals surface area contributed by atoms with Gasteiger partial charge in [0, 0.05) is 23.1 Å². The number of nitrogens with zero attached hydrogens (tertiary/aromatic N) is 2. The molecule has 1 unspecified atom stereocenters. The van der Waals surface area contributed by atoms with Crippen LogP contribution >= 0.6 is 15.9 Å². The average molecular weight is 391 g/mol. The van der Waals surface area contributed by atoms with Crippen LogP contribution in [0.3, 0.4) is 0 Å². The smallest absolute Gasteiger partial charge is 0.239 e. The molecule has 0 bridgehead atoms. The van der Waals surface area contributed by atoms with Crippen LogP contribution in [0.2, 0.25) is 0 Å². The fourth-order valence-corrected chi connectivity index (χ4v) is 4.69. The van der Waals surface area contributed by atoms with Crippen molar-refractivity contribution in [2.45, 2.75) is 57.0 Å². The monoisotopic (exact) mass is 390 g/mol. The van der Waals surface area contributed by atoms with Crippen LogP contribution in [0.4, 0.5) is 5.69 Å². The molecule has 1 heterocycles. The Hall–Kier alpha value is -1.36. The number of amides is 2. The number of hydrogen-bond acceptors (Lipinski definition) is 2. The van der Waals surface area contributed by atoms with Gasteiger partial charge in [-0.1, -0.05) is 25.0 Å². The van der Waals surface area contributed by atoms with Crippen molar-refractivity contribution in [3.05, 3.63) is 28.7 Å². The SMILES string of the molecule is O=C1C(C(=O)N(C2CCCC2)C2CC2)CCN1c1ccccc1Br. The number of rotatable bonds is 4. The maximum atomic E-state index is 13.2. The predicted molar refractivity (Wildman–Crippen MR) is 96.7 cm³/mol. The zero-order valence-corrected chi connectivity index (χ0v) is 15.4. The van der Waals surface area contributed by atoms with Gasteiger partial charge in [-0.3, -0.25) is 9.59 Å². The van der Waals surface area contributed by atoms with Crippen LogP contribution in [0.15, 0.2) is 28.7 Å². The number of halogens is 1. The second-order valence-corrected chi connectivity index (χ2v) is 8.05. The van der Waals surface area contributed by atoms with Gasteiger partial charge < -0.3 is 9.80 Å². The highest BCUT2D eigenvalue weighted by atomic mass is 79.9. The highest BCUT2D eigenvalue weighted by Crippen LogP contribution is 2.38. The molecule has 3 fully saturated rings. The third kappa shape index (κ3) is 2.87. The van der Waals surface area contributed by atoms with Gasteiger partial charge in [-0.05, 0) is 60.2 Å². The largest absolute Gasteiger partial charge is 0.336 e. The molecular formula is C19H23BrN2O2. The van der Waals surface area contributed by atoms with Crippen LogP contribution in [-0.4, -0.2) is 35.3 Å². The van der Waals surface area contributed by atoms with Crippen molar-refractivity contribution in [1.29, 1.82) is 0 Å². The first kappa shape index (κ1) is 16.1. The topological polar surface area (TPSA) is 40.6 Å². The number of carbonyl (C=O) groups excluding carboxylic acids is 2. The minimum Gasteiger partial charge on any atom is -0.336 e. The summed E-state index contributed by atoms with van der Waals surface area (Å²) in [7, 11) is 0. The number of anilines is 1. The van der Waals surface area contributed by atoms with E-state index < -0.39 is 5.92 Å². The van der Waals surface area contributed by atoms with Crippen LogP contribution in [0.1, 0.15) is 44.9 Å². The minimum absolute atomic E-state index is 0.0319. The molecule has 3 aliphatic rings. The molecule has 1 aromatic rings. The molecule has 1 aliphatic heterocycles. The van der Waals surface area contributed by atoms with Crippen molar-refractivity contribution in [3.63, 3.8) is 0 Å². The van der Waals surface area contributed by atoms with Gasteiger partial charge in [0.15, 0.2) is 0 Å². The molecule has 0 aromatic heterocycles. The molecule has 1 atom stereocenters. The molecule has 0 spiro atoms. The van der Waals surface area contributed by atoms with Crippen molar-refractivity contribution >= 4 is 33.4 Å². The van der Waals surface area contributed by atoms with Gasteiger partial charge in [-0.2, -0.15) is 0 Å². The highest BCUT2D eigenvalue weighted by molar-refractivity contribution is 9.10. The van der Waals surface area contributed by atoms with E-state index >= 15 is 0 Å². The van der Waals surface area contributed by atoms with Crippen LogP contribution in [-0.2, 0) is 9.59 Å². The van der Waals surface area contributed by atoms with Crippen molar-refractivity contribution in [1.82, 2.24) is 4.90 Å². The summed E-state index contributed by atoms with van der Waals surface area (Å²) in [5.74, 6) is -0.433. The van der Waals surface area contributed by atoms with E-state index in [4.69, 9.17) is 0 Å². The van der Waals surface area contributed by atoms with Crippen LogP contribution < -0.4 is 4.90 Å². The Balaban J connectivity index is 1.53. The van der Waals surface area contributed by atoms with Crippen LogP contribution in [0, 0.1) is 5.92 Å². The van der Waals surface area contributed by atoms with E-state index in [0.717, 1.165) is 35.8 Å². The Morgan fingerprint density at radius 2 is 1.71 bits per heavy atom. The Labute approximate surface area is 151 Å². The molecule has 2 saturated carbocycles. The summed E-state index contributed by atoms with van der Waals surface area (Å²) < 4.78 is 0.904. The van der Waals surface area contributed by atoms with Crippen LogP contribution in [0.25, 0.3) is 0 Å². The number of hydrogen-bond donors (Lipinski definition) is 0. The average Bonchev–Trinajstić information content (AvgIpc) is 3.11. The summed E-state index contributed by atoms with van der Waals surface area (Å²) in [5.41, 5.74) is 0.872. The van der Waals surface area contributed by atoms with Crippen molar-refractivity contribution < 1.29 is 9.59 Å². The Kier molecular flexibility index (Phi) is 4.37. The van der Waals surface area contributed by atoms with E-state index in [1.807, 2.05) is 24.3 Å². The van der Waals surface area contributed by atoms with Gasteiger partial charge in [0.05, 0.1) is 5.69 Å². The molecule has 0 N–H and O–H groups in total. The van der Waals surface area contributed by atoms with Crippen LogP contribution in [0.5, 0.6) is 0 Å². The van der Waals surface area contributed by atoms with E-state index in [9.17, 15) is 9.59 Å². The number of para-hydroxylation sites is 1. The molecule has 4 nitrogen and oxygen atoms in total. The summed E-state index contributed by atoms with van der Waals surface area (Å²) in [6, 6.07) is 8.50. The predicted octanol–water partition coefficient (Wildman–Crippen LogP) is 3.74. The molecule has 5 heteroatoms. The molecule has 2 aliphatic carbocycles. The van der Waals surface area contributed by atoms with Crippen molar-refractivity contribution in [2.24, 2.45) is 5.92 Å². The standard InChI is InChI=1S/C19H23BrN2O2/c20-16-7-3-4-8-17(16)21-12-11-15(18(21)23)19(24)22(14-9-10-14)13-5-1-2-6-13/h3-4,7-8,13-15H,1-2,5-6,9-12H2. The second-order valence-electron chi connectivity index (χ2n) is 7.20. The molecule has 1 aromatic carbocycles. The quantitative estimate of drug-likeness (QED) is 0.734. The maximum absolute atomic E-state index is 13.2. The molecule has 1 saturated heterocycles. The summed E-state index contributed by atoms with van der Waals surface area (Å²) in [6.45, 7) is 0.626. The van der Waals surface area contributed by atoms with Gasteiger partial charge in [0.2, 0.25) is 11.8 Å². The molecule has 0 radical (unpaired) electrons. The number of carbonyl (C=O) groups is 2. The van der Waals surface area contributed by atoms with Gasteiger partial charge >= 0.3 is 0 Å². The van der Waals surface area contributed by atoms with E-state index in [1.54, 1.807) is 4.90 Å². The molecule has 128 valence electrons. The third-order valence-electron chi connectivity index (χ3n) is 5.56. The normalized spacial score (nSPS) is 24.6. The highest BCUT2D eigenvalue weighted by Gasteiger charge is 2.46. The van der Waals surface area contributed by atoms with E-state index in [0.29, 0.717) is 25.0 Å². The lowest BCUT2D eigenvalue weighted by atomic mass is 10.0. The lowest BCUT2D eigenvalue weighted by Gasteiger charge is -2.31. The lowest BCUT2D eigenvalue weighted by Crippen LogP contribution is -2.46. The van der Waals surface area contributed by atoms with Crippen molar-refractivity contribution in [2.75, 3.05) is 11.4 Å². The third-order valence-corrected chi connectivity index (χ3v) is 6.23. The lowest BCUT2D eigenvalue weighted by molar-refractivity contribution is -0.142. The van der Waals surface area contributed by atoms with Gasteiger partial charge in [-0.25, -0.2) is 0 Å². The Morgan fingerprint density at radius 1 is 1.04 bits per heavy atom.